The van der Waals surface area contributed by atoms with Gasteiger partial charge >= 0.3 is 0 Å². The van der Waals surface area contributed by atoms with Gasteiger partial charge in [0.15, 0.2) is 5.13 Å². The quantitative estimate of drug-likeness (QED) is 0.380. The van der Waals surface area contributed by atoms with Crippen LogP contribution in [-0.4, -0.2) is 23.8 Å². The molecular weight excluding hydrogens is 402 g/mol. The van der Waals surface area contributed by atoms with E-state index in [1.165, 1.54) is 23.5 Å². The summed E-state index contributed by atoms with van der Waals surface area (Å²) < 4.78 is 32.0. The predicted molar refractivity (Wildman–Crippen MR) is 109 cm³/mol. The number of nitrogens with zero attached hydrogens (tertiary/aromatic N) is 1. The largest absolute Gasteiger partial charge is 0.497 e. The van der Waals surface area contributed by atoms with Crippen LogP contribution in [0.1, 0.15) is 12.8 Å². The van der Waals surface area contributed by atoms with Gasteiger partial charge in [-0.1, -0.05) is 0 Å². The van der Waals surface area contributed by atoms with E-state index in [2.05, 4.69) is 10.3 Å². The standard InChI is InChI=1S/C20H18F2N2O2S2/c1-26-14-5-7-15(8-6-14)27-10-2-3-19(25)24-20-23-18(12-28-20)16-9-4-13(21)11-17(16)22/h4-9,11-12H,2-3,10H2,1H3,(H,23,24,25). The van der Waals surface area contributed by atoms with Gasteiger partial charge in [0.2, 0.25) is 5.91 Å². The molecule has 8 heteroatoms. The number of benzene rings is 2. The van der Waals surface area contributed by atoms with E-state index in [9.17, 15) is 13.6 Å². The van der Waals surface area contributed by atoms with Gasteiger partial charge in [-0.2, -0.15) is 0 Å². The molecule has 1 amide bonds. The lowest BCUT2D eigenvalue weighted by molar-refractivity contribution is -0.116. The number of rotatable bonds is 8. The van der Waals surface area contributed by atoms with E-state index in [1.807, 2.05) is 24.3 Å². The summed E-state index contributed by atoms with van der Waals surface area (Å²) in [5, 5.41) is 4.75. The molecule has 0 fully saturated rings. The summed E-state index contributed by atoms with van der Waals surface area (Å²) in [7, 11) is 1.63. The number of hydrogen-bond donors (Lipinski definition) is 1. The van der Waals surface area contributed by atoms with Gasteiger partial charge in [0.25, 0.3) is 0 Å². The molecule has 0 aliphatic heterocycles. The highest BCUT2D eigenvalue weighted by Gasteiger charge is 2.12. The maximum Gasteiger partial charge on any atom is 0.226 e. The zero-order valence-corrected chi connectivity index (χ0v) is 16.7. The molecule has 4 nitrogen and oxygen atoms in total. The Morgan fingerprint density at radius 1 is 1.21 bits per heavy atom. The van der Waals surface area contributed by atoms with Gasteiger partial charge in [-0.05, 0) is 48.6 Å². The van der Waals surface area contributed by atoms with Gasteiger partial charge in [0.05, 0.1) is 12.8 Å². The smallest absolute Gasteiger partial charge is 0.226 e. The van der Waals surface area contributed by atoms with E-state index < -0.39 is 11.6 Å². The Hall–Kier alpha value is -2.45. The second kappa shape index (κ2) is 9.66. The molecule has 1 heterocycles. The van der Waals surface area contributed by atoms with Crippen molar-refractivity contribution < 1.29 is 18.3 Å². The first-order valence-electron chi connectivity index (χ1n) is 8.53. The third-order valence-corrected chi connectivity index (χ3v) is 5.69. The Labute approximate surface area is 170 Å². The summed E-state index contributed by atoms with van der Waals surface area (Å²) in [5.41, 5.74) is 0.571. The lowest BCUT2D eigenvalue weighted by Crippen LogP contribution is -2.11. The van der Waals surface area contributed by atoms with Gasteiger partial charge in [0, 0.05) is 28.3 Å². The topological polar surface area (TPSA) is 51.2 Å². The first kappa shape index (κ1) is 20.3. The normalized spacial score (nSPS) is 10.7. The Morgan fingerprint density at radius 2 is 2.00 bits per heavy atom. The minimum Gasteiger partial charge on any atom is -0.497 e. The molecule has 3 rings (SSSR count). The number of ether oxygens (including phenoxy) is 1. The zero-order chi connectivity index (χ0) is 19.9. The molecule has 0 saturated carbocycles. The van der Waals surface area contributed by atoms with Gasteiger partial charge in [-0.3, -0.25) is 4.79 Å². The molecule has 0 radical (unpaired) electrons. The Kier molecular flexibility index (Phi) is 7.00. The maximum absolute atomic E-state index is 13.8. The minimum atomic E-state index is -0.682. The van der Waals surface area contributed by atoms with Crippen LogP contribution < -0.4 is 10.1 Å². The molecule has 28 heavy (non-hydrogen) atoms. The average molecular weight is 421 g/mol. The number of amides is 1. The Balaban J connectivity index is 1.45. The lowest BCUT2D eigenvalue weighted by Gasteiger charge is -2.04. The fourth-order valence-corrected chi connectivity index (χ4v) is 4.01. The van der Waals surface area contributed by atoms with Crippen molar-refractivity contribution in [3.8, 4) is 17.0 Å². The summed E-state index contributed by atoms with van der Waals surface area (Å²) in [4.78, 5) is 17.4. The number of thiazole rings is 1. The molecule has 0 atom stereocenters. The Morgan fingerprint density at radius 3 is 2.71 bits per heavy atom. The van der Waals surface area contributed by atoms with Crippen molar-refractivity contribution in [2.75, 3.05) is 18.2 Å². The highest BCUT2D eigenvalue weighted by Crippen LogP contribution is 2.28. The summed E-state index contributed by atoms with van der Waals surface area (Å²) in [6, 6.07) is 11.1. The summed E-state index contributed by atoms with van der Waals surface area (Å²) >= 11 is 2.88. The van der Waals surface area contributed by atoms with E-state index in [4.69, 9.17) is 4.74 Å². The number of nitrogens with one attached hydrogen (secondary N) is 1. The molecule has 1 N–H and O–H groups in total. The van der Waals surface area contributed by atoms with E-state index in [0.29, 0.717) is 23.7 Å². The van der Waals surface area contributed by atoms with Crippen LogP contribution in [0.5, 0.6) is 5.75 Å². The van der Waals surface area contributed by atoms with Crippen molar-refractivity contribution in [3.05, 3.63) is 59.5 Å². The number of thioether (sulfide) groups is 1. The molecule has 0 aliphatic carbocycles. The zero-order valence-electron chi connectivity index (χ0n) is 15.1. The van der Waals surface area contributed by atoms with Crippen LogP contribution in [0.2, 0.25) is 0 Å². The maximum atomic E-state index is 13.8. The molecule has 0 bridgehead atoms. The molecule has 1 aromatic heterocycles. The second-order valence-electron chi connectivity index (χ2n) is 5.84. The van der Waals surface area contributed by atoms with Crippen LogP contribution in [0.3, 0.4) is 0 Å². The first-order valence-corrected chi connectivity index (χ1v) is 10.4. The van der Waals surface area contributed by atoms with E-state index >= 15 is 0 Å². The minimum absolute atomic E-state index is 0.143. The summed E-state index contributed by atoms with van der Waals surface area (Å²) in [5.74, 6) is 0.156. The lowest BCUT2D eigenvalue weighted by atomic mass is 10.1. The van der Waals surface area contributed by atoms with Crippen molar-refractivity contribution in [1.82, 2.24) is 4.98 Å². The van der Waals surface area contributed by atoms with Gasteiger partial charge in [-0.15, -0.1) is 23.1 Å². The van der Waals surface area contributed by atoms with Crippen molar-refractivity contribution in [1.29, 1.82) is 0 Å². The predicted octanol–water partition coefficient (Wildman–Crippen LogP) is 5.61. The second-order valence-corrected chi connectivity index (χ2v) is 7.86. The van der Waals surface area contributed by atoms with Crippen LogP contribution >= 0.6 is 23.1 Å². The fourth-order valence-electron chi connectivity index (χ4n) is 2.43. The van der Waals surface area contributed by atoms with Crippen LogP contribution in [0, 0.1) is 11.6 Å². The average Bonchev–Trinajstić information content (AvgIpc) is 3.13. The third-order valence-electron chi connectivity index (χ3n) is 3.83. The number of aromatic nitrogens is 1. The molecule has 0 saturated heterocycles. The highest BCUT2D eigenvalue weighted by molar-refractivity contribution is 7.99. The van der Waals surface area contributed by atoms with Crippen molar-refractivity contribution in [2.24, 2.45) is 0 Å². The number of carbonyl (C=O) groups excluding carboxylic acids is 1. The molecule has 0 aliphatic rings. The monoisotopic (exact) mass is 420 g/mol. The summed E-state index contributed by atoms with van der Waals surface area (Å²) in [6.07, 6.45) is 1.08. The van der Waals surface area contributed by atoms with Gasteiger partial charge < -0.3 is 10.1 Å². The molecule has 3 aromatic rings. The van der Waals surface area contributed by atoms with E-state index in [-0.39, 0.29) is 11.5 Å². The van der Waals surface area contributed by atoms with Crippen LogP contribution in [0.15, 0.2) is 52.7 Å². The summed E-state index contributed by atoms with van der Waals surface area (Å²) in [6.45, 7) is 0. The van der Waals surface area contributed by atoms with Crippen LogP contribution in [0.25, 0.3) is 11.3 Å². The van der Waals surface area contributed by atoms with Crippen molar-refractivity contribution >= 4 is 34.1 Å². The molecule has 0 unspecified atom stereocenters. The van der Waals surface area contributed by atoms with Crippen molar-refractivity contribution in [3.63, 3.8) is 0 Å². The molecule has 0 spiro atoms. The number of anilines is 1. The van der Waals surface area contributed by atoms with Gasteiger partial charge in [-0.25, -0.2) is 13.8 Å². The SMILES string of the molecule is COc1ccc(SCCCC(=O)Nc2nc(-c3ccc(F)cc3F)cs2)cc1. The third kappa shape index (κ3) is 5.53. The number of carbonyl (C=O) groups is 1. The van der Waals surface area contributed by atoms with Gasteiger partial charge in [0.1, 0.15) is 17.4 Å². The van der Waals surface area contributed by atoms with E-state index in [0.717, 1.165) is 22.5 Å². The first-order chi connectivity index (χ1) is 13.5. The van der Waals surface area contributed by atoms with Crippen LogP contribution in [0.4, 0.5) is 13.9 Å². The fraction of sp³-hybridized carbons (Fsp3) is 0.200. The molecule has 2 aromatic carbocycles. The van der Waals surface area contributed by atoms with Crippen LogP contribution in [-0.2, 0) is 4.79 Å². The van der Waals surface area contributed by atoms with E-state index in [1.54, 1.807) is 24.3 Å². The number of halogens is 2. The molecule has 146 valence electrons. The Bertz CT molecular complexity index is 946. The highest BCUT2D eigenvalue weighted by atomic mass is 32.2. The number of methoxy groups -OCH3 is 1. The molecular formula is C20H18F2N2O2S2. The number of hydrogen-bond acceptors (Lipinski definition) is 5. The van der Waals surface area contributed by atoms with Crippen molar-refractivity contribution in [2.45, 2.75) is 17.7 Å².